The molecule has 0 spiro atoms. The largest absolute Gasteiger partial charge is 0.456 e. The van der Waals surface area contributed by atoms with E-state index >= 15 is 0 Å². The molecule has 1 N–H and O–H groups in total. The molecule has 0 aliphatic carbocycles. The number of benzene rings is 3. The van der Waals surface area contributed by atoms with Gasteiger partial charge in [-0.25, -0.2) is 0 Å². The Morgan fingerprint density at radius 1 is 0.871 bits per heavy atom. The molecule has 0 saturated heterocycles. The number of anilines is 1. The first-order chi connectivity index (χ1) is 15.2. The van der Waals surface area contributed by atoms with Gasteiger partial charge in [-0.2, -0.15) is 0 Å². The Hall–Kier alpha value is -3.80. The van der Waals surface area contributed by atoms with Crippen LogP contribution in [0.5, 0.6) is 11.5 Å². The van der Waals surface area contributed by atoms with Crippen LogP contribution < -0.4 is 14.8 Å². The van der Waals surface area contributed by atoms with Gasteiger partial charge in [-0.1, -0.05) is 54.6 Å². The third kappa shape index (κ3) is 5.63. The molecule has 31 heavy (non-hydrogen) atoms. The summed E-state index contributed by atoms with van der Waals surface area (Å²) in [6.45, 7) is -0.107. The monoisotopic (exact) mass is 417 g/mol. The number of hydrogen-bond acceptors (Lipinski definition) is 5. The third-order valence-corrected chi connectivity index (χ3v) is 4.95. The zero-order valence-corrected chi connectivity index (χ0v) is 17.0. The molecule has 1 aliphatic heterocycles. The second-order valence-electron chi connectivity index (χ2n) is 7.22. The van der Waals surface area contributed by atoms with Crippen LogP contribution in [0.15, 0.2) is 72.8 Å². The van der Waals surface area contributed by atoms with E-state index in [0.29, 0.717) is 30.0 Å². The lowest BCUT2D eigenvalue weighted by molar-refractivity contribution is -0.147. The van der Waals surface area contributed by atoms with E-state index in [0.717, 1.165) is 16.7 Å². The van der Waals surface area contributed by atoms with E-state index in [-0.39, 0.29) is 25.7 Å². The number of nitrogens with one attached hydrogen (secondary N) is 1. The number of carbonyl (C=O) groups is 2. The Balaban J connectivity index is 1.25. The summed E-state index contributed by atoms with van der Waals surface area (Å²) in [6, 6.07) is 23.2. The maximum atomic E-state index is 12.3. The molecule has 0 unspecified atom stereocenters. The van der Waals surface area contributed by atoms with Crippen LogP contribution in [0.25, 0.3) is 0 Å². The molecule has 1 amide bonds. The van der Waals surface area contributed by atoms with Gasteiger partial charge < -0.3 is 19.5 Å². The fraction of sp³-hybridized carbons (Fsp3) is 0.200. The summed E-state index contributed by atoms with van der Waals surface area (Å²) in [7, 11) is 0. The smallest absolute Gasteiger partial charge is 0.306 e. The summed E-state index contributed by atoms with van der Waals surface area (Å²) in [5.41, 5.74) is 3.81. The van der Waals surface area contributed by atoms with Crippen LogP contribution in [-0.2, 0) is 27.2 Å². The Morgan fingerprint density at radius 2 is 1.65 bits per heavy atom. The molecule has 1 heterocycles. The number of hydrogen-bond donors (Lipinski definition) is 1. The summed E-state index contributed by atoms with van der Waals surface area (Å²) in [5.74, 6) is 0.595. The summed E-state index contributed by atoms with van der Waals surface area (Å²) in [4.78, 5) is 24.4. The van der Waals surface area contributed by atoms with Crippen molar-refractivity contribution in [2.75, 3.05) is 18.7 Å². The SMILES string of the molecule is O=C(COC(=O)CCc1ccc2c(c1)OCO2)Nc1ccccc1Cc1ccccc1. The van der Waals surface area contributed by atoms with Gasteiger partial charge in [0.1, 0.15) is 0 Å². The Morgan fingerprint density at radius 3 is 2.52 bits per heavy atom. The van der Waals surface area contributed by atoms with Crippen LogP contribution in [-0.4, -0.2) is 25.3 Å². The van der Waals surface area contributed by atoms with Gasteiger partial charge in [-0.3, -0.25) is 9.59 Å². The first-order valence-electron chi connectivity index (χ1n) is 10.1. The van der Waals surface area contributed by atoms with Gasteiger partial charge in [0, 0.05) is 12.1 Å². The van der Waals surface area contributed by atoms with Gasteiger partial charge in [0.25, 0.3) is 5.91 Å². The van der Waals surface area contributed by atoms with Gasteiger partial charge in [0.2, 0.25) is 6.79 Å². The zero-order valence-electron chi connectivity index (χ0n) is 17.0. The predicted molar refractivity (Wildman–Crippen MR) is 116 cm³/mol. The average molecular weight is 417 g/mol. The number of esters is 1. The summed E-state index contributed by atoms with van der Waals surface area (Å²) >= 11 is 0. The molecule has 3 aromatic rings. The molecular weight excluding hydrogens is 394 g/mol. The molecule has 6 heteroatoms. The van der Waals surface area contributed by atoms with Crippen LogP contribution in [0.2, 0.25) is 0 Å². The first-order valence-corrected chi connectivity index (χ1v) is 10.1. The van der Waals surface area contributed by atoms with Crippen molar-refractivity contribution in [3.05, 3.63) is 89.5 Å². The normalized spacial score (nSPS) is 11.7. The third-order valence-electron chi connectivity index (χ3n) is 4.95. The molecule has 0 bridgehead atoms. The molecular formula is C25H23NO5. The maximum absolute atomic E-state index is 12.3. The van der Waals surface area contributed by atoms with Crippen LogP contribution in [0.1, 0.15) is 23.1 Å². The number of amides is 1. The van der Waals surface area contributed by atoms with E-state index in [2.05, 4.69) is 5.32 Å². The van der Waals surface area contributed by atoms with Crippen LogP contribution >= 0.6 is 0 Å². The van der Waals surface area contributed by atoms with Crippen molar-refractivity contribution in [3.8, 4) is 11.5 Å². The number of rotatable bonds is 8. The fourth-order valence-electron chi connectivity index (χ4n) is 3.36. The van der Waals surface area contributed by atoms with E-state index in [9.17, 15) is 9.59 Å². The van der Waals surface area contributed by atoms with E-state index in [1.54, 1.807) is 0 Å². The second-order valence-corrected chi connectivity index (χ2v) is 7.22. The Labute approximate surface area is 180 Å². The molecule has 3 aromatic carbocycles. The van der Waals surface area contributed by atoms with Crippen molar-refractivity contribution in [2.24, 2.45) is 0 Å². The molecule has 0 atom stereocenters. The first kappa shape index (κ1) is 20.5. The minimum absolute atomic E-state index is 0.178. The lowest BCUT2D eigenvalue weighted by atomic mass is 10.0. The van der Waals surface area contributed by atoms with Crippen molar-refractivity contribution < 1.29 is 23.8 Å². The lowest BCUT2D eigenvalue weighted by Crippen LogP contribution is -2.21. The highest BCUT2D eigenvalue weighted by Crippen LogP contribution is 2.32. The van der Waals surface area contributed by atoms with Crippen molar-refractivity contribution in [2.45, 2.75) is 19.3 Å². The van der Waals surface area contributed by atoms with E-state index in [4.69, 9.17) is 14.2 Å². The van der Waals surface area contributed by atoms with Crippen LogP contribution in [0.4, 0.5) is 5.69 Å². The Kier molecular flexibility index (Phi) is 6.47. The topological polar surface area (TPSA) is 73.9 Å². The molecule has 6 nitrogen and oxygen atoms in total. The summed E-state index contributed by atoms with van der Waals surface area (Å²) < 4.78 is 15.8. The van der Waals surface area contributed by atoms with Gasteiger partial charge in [-0.15, -0.1) is 0 Å². The van der Waals surface area contributed by atoms with Gasteiger partial charge in [0.05, 0.1) is 0 Å². The van der Waals surface area contributed by atoms with Gasteiger partial charge in [-0.05, 0) is 47.7 Å². The van der Waals surface area contributed by atoms with E-state index < -0.39 is 5.97 Å². The minimum atomic E-state index is -0.426. The number of para-hydroxylation sites is 1. The molecule has 158 valence electrons. The number of ether oxygens (including phenoxy) is 3. The molecule has 4 rings (SSSR count). The summed E-state index contributed by atoms with van der Waals surface area (Å²) in [5, 5.41) is 2.84. The van der Waals surface area contributed by atoms with Crippen molar-refractivity contribution in [1.29, 1.82) is 0 Å². The van der Waals surface area contributed by atoms with E-state index in [1.807, 2.05) is 72.8 Å². The summed E-state index contributed by atoms with van der Waals surface area (Å²) in [6.07, 6.45) is 1.38. The second kappa shape index (κ2) is 9.80. The number of carbonyl (C=O) groups excluding carboxylic acids is 2. The maximum Gasteiger partial charge on any atom is 0.306 e. The van der Waals surface area contributed by atoms with Gasteiger partial charge >= 0.3 is 5.97 Å². The highest BCUT2D eigenvalue weighted by molar-refractivity contribution is 5.93. The highest BCUT2D eigenvalue weighted by Gasteiger charge is 2.14. The van der Waals surface area contributed by atoms with Crippen LogP contribution in [0, 0.1) is 0 Å². The van der Waals surface area contributed by atoms with Crippen molar-refractivity contribution in [3.63, 3.8) is 0 Å². The van der Waals surface area contributed by atoms with Crippen molar-refractivity contribution in [1.82, 2.24) is 0 Å². The standard InChI is InChI=1S/C25H23NO5/c27-24(26-21-9-5-4-8-20(21)14-18-6-2-1-3-7-18)16-29-25(28)13-11-19-10-12-22-23(15-19)31-17-30-22/h1-10,12,15H,11,13-14,16-17H2,(H,26,27). The molecule has 1 aliphatic rings. The Bertz CT molecular complexity index is 1060. The lowest BCUT2D eigenvalue weighted by Gasteiger charge is -2.11. The molecule has 0 saturated carbocycles. The predicted octanol–water partition coefficient (Wildman–Crippen LogP) is 4.12. The zero-order chi connectivity index (χ0) is 21.5. The molecule has 0 radical (unpaired) electrons. The minimum Gasteiger partial charge on any atom is -0.456 e. The quantitative estimate of drug-likeness (QED) is 0.558. The molecule has 0 aromatic heterocycles. The fourth-order valence-corrected chi connectivity index (χ4v) is 3.36. The number of fused-ring (bicyclic) bond motifs is 1. The number of aryl methyl sites for hydroxylation is 1. The molecule has 0 fully saturated rings. The van der Waals surface area contributed by atoms with Gasteiger partial charge in [0.15, 0.2) is 18.1 Å². The van der Waals surface area contributed by atoms with Crippen LogP contribution in [0.3, 0.4) is 0 Å². The van der Waals surface area contributed by atoms with E-state index in [1.165, 1.54) is 0 Å². The highest BCUT2D eigenvalue weighted by atomic mass is 16.7. The average Bonchev–Trinajstić information content (AvgIpc) is 3.26. The van der Waals surface area contributed by atoms with Crippen molar-refractivity contribution >= 4 is 17.6 Å².